The molecule has 2 heteroatoms. The van der Waals surface area contributed by atoms with Gasteiger partial charge in [0.25, 0.3) is 0 Å². The fourth-order valence-corrected chi connectivity index (χ4v) is 1.99. The van der Waals surface area contributed by atoms with Gasteiger partial charge in [0, 0.05) is 18.6 Å². The summed E-state index contributed by atoms with van der Waals surface area (Å²) >= 11 is 0. The number of aliphatic hydroxyl groups is 1. The quantitative estimate of drug-likeness (QED) is 0.604. The van der Waals surface area contributed by atoms with E-state index in [9.17, 15) is 0 Å². The lowest BCUT2D eigenvalue weighted by Crippen LogP contribution is -2.49. The Morgan fingerprint density at radius 3 is 2.30 bits per heavy atom. The summed E-state index contributed by atoms with van der Waals surface area (Å²) in [6.45, 7) is 5.03. The van der Waals surface area contributed by atoms with Gasteiger partial charge in [-0.25, -0.2) is 0 Å². The van der Waals surface area contributed by atoms with Crippen LogP contribution in [0.15, 0.2) is 0 Å². The van der Waals surface area contributed by atoms with Crippen LogP contribution in [0.5, 0.6) is 0 Å². The van der Waals surface area contributed by atoms with E-state index < -0.39 is 0 Å². The van der Waals surface area contributed by atoms with Gasteiger partial charge in [0.2, 0.25) is 0 Å². The summed E-state index contributed by atoms with van der Waals surface area (Å²) in [6, 6.07) is 0. The van der Waals surface area contributed by atoms with Crippen molar-refractivity contribution in [2.45, 2.75) is 25.3 Å². The summed E-state index contributed by atoms with van der Waals surface area (Å²) in [5.41, 5.74) is 0.234. The number of likely N-dealkylation sites (tertiary alicyclic amines) is 1. The van der Waals surface area contributed by atoms with Crippen LogP contribution in [-0.2, 0) is 0 Å². The Labute approximate surface area is 61.8 Å². The van der Waals surface area contributed by atoms with Crippen molar-refractivity contribution in [3.8, 4) is 0 Å². The van der Waals surface area contributed by atoms with E-state index in [2.05, 4.69) is 11.8 Å². The molecule has 10 heavy (non-hydrogen) atoms. The van der Waals surface area contributed by atoms with Crippen molar-refractivity contribution >= 4 is 0 Å². The molecule has 0 bridgehead atoms. The molecule has 1 aliphatic heterocycles. The van der Waals surface area contributed by atoms with Gasteiger partial charge in [0.05, 0.1) is 6.61 Å². The van der Waals surface area contributed by atoms with E-state index in [0.717, 1.165) is 5.92 Å². The first-order valence-corrected chi connectivity index (χ1v) is 4.15. The first-order valence-electron chi connectivity index (χ1n) is 4.15. The van der Waals surface area contributed by atoms with Crippen LogP contribution >= 0.6 is 0 Å². The summed E-state index contributed by atoms with van der Waals surface area (Å²) in [5.74, 6) is 0.734. The molecule has 2 fully saturated rings. The van der Waals surface area contributed by atoms with E-state index in [1.165, 1.54) is 25.9 Å². The minimum Gasteiger partial charge on any atom is -0.394 e. The molecule has 1 saturated carbocycles. The molecule has 2 unspecified atom stereocenters. The number of rotatable bonds is 2. The normalized spacial score (nSPS) is 46.8. The van der Waals surface area contributed by atoms with Gasteiger partial charge in [-0.15, -0.1) is 0 Å². The maximum atomic E-state index is 9.12. The fourth-order valence-electron chi connectivity index (χ4n) is 1.99. The molecule has 1 heterocycles. The molecule has 1 N–H and O–H groups in total. The van der Waals surface area contributed by atoms with E-state index in [1.807, 2.05) is 0 Å². The minimum atomic E-state index is 0.234. The molecule has 0 spiro atoms. The van der Waals surface area contributed by atoms with Crippen molar-refractivity contribution in [2.75, 3.05) is 19.7 Å². The minimum absolute atomic E-state index is 0.234. The lowest BCUT2D eigenvalue weighted by Gasteiger charge is -2.38. The van der Waals surface area contributed by atoms with Gasteiger partial charge >= 0.3 is 0 Å². The van der Waals surface area contributed by atoms with Crippen LogP contribution in [0.2, 0.25) is 0 Å². The van der Waals surface area contributed by atoms with E-state index in [0.29, 0.717) is 6.61 Å². The molecule has 2 rings (SSSR count). The largest absolute Gasteiger partial charge is 0.394 e. The highest BCUT2D eigenvalue weighted by molar-refractivity contribution is 5.11. The van der Waals surface area contributed by atoms with Crippen LogP contribution in [-0.4, -0.2) is 35.2 Å². The fraction of sp³-hybridized carbons (Fsp3) is 1.00. The molecular weight excluding hydrogens is 126 g/mol. The second-order valence-electron chi connectivity index (χ2n) is 3.71. The average molecular weight is 141 g/mol. The highest BCUT2D eigenvalue weighted by atomic mass is 16.3. The van der Waals surface area contributed by atoms with E-state index in [4.69, 9.17) is 5.11 Å². The predicted octanol–water partition coefficient (Wildman–Crippen LogP) is 0.463. The van der Waals surface area contributed by atoms with E-state index >= 15 is 0 Å². The first kappa shape index (κ1) is 6.62. The van der Waals surface area contributed by atoms with Crippen LogP contribution in [0.25, 0.3) is 0 Å². The highest BCUT2D eigenvalue weighted by Gasteiger charge is 2.56. The van der Waals surface area contributed by atoms with Crippen molar-refractivity contribution < 1.29 is 5.11 Å². The van der Waals surface area contributed by atoms with Gasteiger partial charge in [-0.05, 0) is 18.8 Å². The number of hydrogen-bond donors (Lipinski definition) is 1. The summed E-state index contributed by atoms with van der Waals surface area (Å²) in [6.07, 6.45) is 2.54. The average Bonchev–Trinajstić information content (AvgIpc) is 2.39. The molecule has 0 aromatic rings. The van der Waals surface area contributed by atoms with Gasteiger partial charge in [0.15, 0.2) is 0 Å². The molecule has 2 atom stereocenters. The van der Waals surface area contributed by atoms with Crippen LogP contribution in [0, 0.1) is 5.92 Å². The van der Waals surface area contributed by atoms with Crippen molar-refractivity contribution in [3.63, 3.8) is 0 Å². The van der Waals surface area contributed by atoms with Crippen molar-refractivity contribution in [1.29, 1.82) is 0 Å². The monoisotopic (exact) mass is 141 g/mol. The standard InChI is InChI=1S/C8H15NO/c1-7-5-8(7,6-10)9-3-2-4-9/h7,10H,2-6H2,1H3. The Morgan fingerprint density at radius 2 is 2.20 bits per heavy atom. The van der Waals surface area contributed by atoms with Gasteiger partial charge in [0.1, 0.15) is 0 Å². The Hall–Kier alpha value is -0.0800. The number of hydrogen-bond acceptors (Lipinski definition) is 2. The molecule has 0 amide bonds. The Morgan fingerprint density at radius 1 is 1.60 bits per heavy atom. The zero-order chi connectivity index (χ0) is 7.19. The van der Waals surface area contributed by atoms with Crippen LogP contribution in [0.3, 0.4) is 0 Å². The molecule has 58 valence electrons. The number of aliphatic hydroxyl groups excluding tert-OH is 1. The summed E-state index contributed by atoms with van der Waals surface area (Å²) in [5, 5.41) is 9.12. The van der Waals surface area contributed by atoms with Crippen molar-refractivity contribution in [1.82, 2.24) is 4.90 Å². The van der Waals surface area contributed by atoms with E-state index in [1.54, 1.807) is 0 Å². The first-order chi connectivity index (χ1) is 4.79. The van der Waals surface area contributed by atoms with Crippen LogP contribution in [0.4, 0.5) is 0 Å². The Kier molecular flexibility index (Phi) is 1.29. The SMILES string of the molecule is CC1CC1(CO)N1CCC1. The predicted molar refractivity (Wildman–Crippen MR) is 39.8 cm³/mol. The zero-order valence-corrected chi connectivity index (χ0v) is 6.51. The van der Waals surface area contributed by atoms with Crippen LogP contribution < -0.4 is 0 Å². The zero-order valence-electron chi connectivity index (χ0n) is 6.51. The third-order valence-corrected chi connectivity index (χ3v) is 3.18. The second-order valence-corrected chi connectivity index (χ2v) is 3.71. The lowest BCUT2D eigenvalue weighted by atomic mass is 10.1. The van der Waals surface area contributed by atoms with Gasteiger partial charge in [-0.3, -0.25) is 4.90 Å². The summed E-state index contributed by atoms with van der Waals surface area (Å²) in [4.78, 5) is 2.43. The maximum absolute atomic E-state index is 9.12. The molecule has 0 aromatic heterocycles. The van der Waals surface area contributed by atoms with Crippen molar-refractivity contribution in [2.24, 2.45) is 5.92 Å². The molecule has 1 saturated heterocycles. The van der Waals surface area contributed by atoms with E-state index in [-0.39, 0.29) is 5.54 Å². The highest BCUT2D eigenvalue weighted by Crippen LogP contribution is 2.49. The molecular formula is C8H15NO. The Balaban J connectivity index is 1.99. The Bertz CT molecular complexity index is 140. The second kappa shape index (κ2) is 1.95. The molecule has 2 nitrogen and oxygen atoms in total. The third kappa shape index (κ3) is 0.663. The smallest absolute Gasteiger partial charge is 0.0618 e. The van der Waals surface area contributed by atoms with Gasteiger partial charge < -0.3 is 5.11 Å². The molecule has 0 aromatic carbocycles. The number of nitrogens with zero attached hydrogens (tertiary/aromatic N) is 1. The van der Waals surface area contributed by atoms with Crippen LogP contribution in [0.1, 0.15) is 19.8 Å². The topological polar surface area (TPSA) is 23.5 Å². The maximum Gasteiger partial charge on any atom is 0.0618 e. The summed E-state index contributed by atoms with van der Waals surface area (Å²) in [7, 11) is 0. The van der Waals surface area contributed by atoms with Gasteiger partial charge in [-0.2, -0.15) is 0 Å². The van der Waals surface area contributed by atoms with Crippen molar-refractivity contribution in [3.05, 3.63) is 0 Å². The molecule has 2 aliphatic rings. The molecule has 0 radical (unpaired) electrons. The summed E-state index contributed by atoms with van der Waals surface area (Å²) < 4.78 is 0. The lowest BCUT2D eigenvalue weighted by molar-refractivity contribution is 0.0459. The molecule has 1 aliphatic carbocycles. The third-order valence-electron chi connectivity index (χ3n) is 3.18. The van der Waals surface area contributed by atoms with Gasteiger partial charge in [-0.1, -0.05) is 6.92 Å².